The van der Waals surface area contributed by atoms with Gasteiger partial charge in [0.25, 0.3) is 5.56 Å². The van der Waals surface area contributed by atoms with Crippen LogP contribution < -0.4 is 15.8 Å². The molecule has 0 bridgehead atoms. The summed E-state index contributed by atoms with van der Waals surface area (Å²) in [6.45, 7) is 6.02. The van der Waals surface area contributed by atoms with E-state index in [1.165, 1.54) is 35.7 Å². The van der Waals surface area contributed by atoms with Crippen molar-refractivity contribution in [3.63, 3.8) is 0 Å². The number of amides is 1. The minimum atomic E-state index is -0.301. The first-order valence-electron chi connectivity index (χ1n) is 10.8. The third-order valence-electron chi connectivity index (χ3n) is 5.92. The quantitative estimate of drug-likeness (QED) is 0.678. The molecule has 1 N–H and O–H groups in total. The lowest BCUT2D eigenvalue weighted by molar-refractivity contribution is -0.117. The molecule has 160 valence electrons. The summed E-state index contributed by atoms with van der Waals surface area (Å²) in [6.07, 6.45) is 3.77. The van der Waals surface area contributed by atoms with Crippen molar-refractivity contribution in [2.24, 2.45) is 0 Å². The smallest absolute Gasteiger partial charge is 0.267 e. The normalized spacial score (nSPS) is 13.8. The van der Waals surface area contributed by atoms with E-state index in [1.54, 1.807) is 6.07 Å². The molecule has 4 rings (SSSR count). The van der Waals surface area contributed by atoms with Crippen molar-refractivity contribution in [1.29, 1.82) is 0 Å². The molecule has 0 unspecified atom stereocenters. The fourth-order valence-corrected chi connectivity index (χ4v) is 3.92. The summed E-state index contributed by atoms with van der Waals surface area (Å²) in [4.78, 5) is 27.2. The van der Waals surface area contributed by atoms with Crippen LogP contribution in [-0.4, -0.2) is 28.8 Å². The maximum absolute atomic E-state index is 12.5. The fourth-order valence-electron chi connectivity index (χ4n) is 3.92. The third-order valence-corrected chi connectivity index (χ3v) is 5.92. The highest BCUT2D eigenvalue weighted by atomic mass is 16.2. The Balaban J connectivity index is 1.49. The second-order valence-electron chi connectivity index (χ2n) is 8.10. The summed E-state index contributed by atoms with van der Waals surface area (Å²) in [7, 11) is 0. The molecule has 31 heavy (non-hydrogen) atoms. The van der Waals surface area contributed by atoms with Crippen LogP contribution in [0.25, 0.3) is 11.3 Å². The van der Waals surface area contributed by atoms with Crippen molar-refractivity contribution in [1.82, 2.24) is 9.78 Å². The van der Waals surface area contributed by atoms with Crippen molar-refractivity contribution in [2.75, 3.05) is 23.3 Å². The van der Waals surface area contributed by atoms with Crippen molar-refractivity contribution >= 4 is 17.3 Å². The maximum Gasteiger partial charge on any atom is 0.267 e. The van der Waals surface area contributed by atoms with Crippen molar-refractivity contribution in [2.45, 2.75) is 39.7 Å². The average molecular weight is 417 g/mol. The topological polar surface area (TPSA) is 67.2 Å². The van der Waals surface area contributed by atoms with Crippen LogP contribution in [0, 0.1) is 13.8 Å². The number of hydrogen-bond donors (Lipinski definition) is 1. The largest absolute Gasteiger partial charge is 0.372 e. The van der Waals surface area contributed by atoms with E-state index < -0.39 is 0 Å². The van der Waals surface area contributed by atoms with Gasteiger partial charge >= 0.3 is 0 Å². The Morgan fingerprint density at radius 3 is 2.45 bits per heavy atom. The minimum Gasteiger partial charge on any atom is -0.372 e. The molecule has 3 aromatic rings. The van der Waals surface area contributed by atoms with Gasteiger partial charge in [0.1, 0.15) is 6.54 Å². The first-order valence-corrected chi connectivity index (χ1v) is 10.8. The van der Waals surface area contributed by atoms with E-state index in [9.17, 15) is 9.59 Å². The first-order chi connectivity index (χ1) is 15.0. The van der Waals surface area contributed by atoms with E-state index in [2.05, 4.69) is 27.4 Å². The number of hydrogen-bond acceptors (Lipinski definition) is 4. The molecule has 1 amide bonds. The Morgan fingerprint density at radius 2 is 1.71 bits per heavy atom. The van der Waals surface area contributed by atoms with Gasteiger partial charge in [0, 0.05) is 36.1 Å². The van der Waals surface area contributed by atoms with Gasteiger partial charge in [-0.2, -0.15) is 5.10 Å². The molecular weight excluding hydrogens is 388 g/mol. The summed E-state index contributed by atoms with van der Waals surface area (Å²) >= 11 is 0. The van der Waals surface area contributed by atoms with E-state index in [4.69, 9.17) is 0 Å². The highest BCUT2D eigenvalue weighted by Gasteiger charge is 2.12. The lowest BCUT2D eigenvalue weighted by Gasteiger charge is -2.28. The van der Waals surface area contributed by atoms with Gasteiger partial charge in [-0.25, -0.2) is 4.68 Å². The Kier molecular flexibility index (Phi) is 6.16. The van der Waals surface area contributed by atoms with Crippen LogP contribution in [0.15, 0.2) is 59.4 Å². The van der Waals surface area contributed by atoms with Crippen molar-refractivity contribution < 1.29 is 4.79 Å². The van der Waals surface area contributed by atoms with Crippen LogP contribution in [0.2, 0.25) is 0 Å². The molecule has 6 heteroatoms. The molecule has 0 atom stereocenters. The predicted octanol–water partition coefficient (Wildman–Crippen LogP) is 4.16. The number of nitrogens with zero attached hydrogens (tertiary/aromatic N) is 3. The lowest BCUT2D eigenvalue weighted by Crippen LogP contribution is -2.29. The number of rotatable bonds is 5. The zero-order valence-corrected chi connectivity index (χ0v) is 18.1. The van der Waals surface area contributed by atoms with Crippen LogP contribution in [0.1, 0.15) is 30.4 Å². The number of piperidine rings is 1. The highest BCUT2D eigenvalue weighted by Crippen LogP contribution is 2.24. The van der Waals surface area contributed by atoms with Gasteiger partial charge in [-0.1, -0.05) is 24.3 Å². The molecule has 1 fully saturated rings. The van der Waals surface area contributed by atoms with E-state index in [1.807, 2.05) is 44.2 Å². The zero-order chi connectivity index (χ0) is 21.8. The van der Waals surface area contributed by atoms with Gasteiger partial charge in [0.2, 0.25) is 5.91 Å². The molecule has 1 saturated heterocycles. The monoisotopic (exact) mass is 416 g/mol. The zero-order valence-electron chi connectivity index (χ0n) is 18.1. The Bertz CT molecular complexity index is 1130. The Hall–Kier alpha value is -3.41. The summed E-state index contributed by atoms with van der Waals surface area (Å²) in [5, 5.41) is 7.32. The van der Waals surface area contributed by atoms with Gasteiger partial charge in [0.15, 0.2) is 0 Å². The Morgan fingerprint density at radius 1 is 0.968 bits per heavy atom. The summed E-state index contributed by atoms with van der Waals surface area (Å²) in [5.41, 5.74) is 5.37. The molecule has 0 saturated carbocycles. The van der Waals surface area contributed by atoms with E-state index in [0.29, 0.717) is 5.69 Å². The van der Waals surface area contributed by atoms with Crippen molar-refractivity contribution in [3.8, 4) is 11.3 Å². The van der Waals surface area contributed by atoms with E-state index >= 15 is 0 Å². The third kappa shape index (κ3) is 4.85. The molecular formula is C25H28N4O2. The average Bonchev–Trinajstić information content (AvgIpc) is 2.79. The number of nitrogens with one attached hydrogen (secondary N) is 1. The molecule has 1 aliphatic heterocycles. The number of carbonyl (C=O) groups is 1. The van der Waals surface area contributed by atoms with E-state index in [0.717, 1.165) is 35.5 Å². The minimum absolute atomic E-state index is 0.133. The Labute approximate surface area is 182 Å². The number of anilines is 2. The number of benzene rings is 2. The molecule has 1 aromatic heterocycles. The van der Waals surface area contributed by atoms with Crippen LogP contribution >= 0.6 is 0 Å². The van der Waals surface area contributed by atoms with Crippen LogP contribution in [0.3, 0.4) is 0 Å². The first kappa shape index (κ1) is 20.8. The molecule has 0 aliphatic carbocycles. The van der Waals surface area contributed by atoms with Crippen LogP contribution in [0.4, 0.5) is 11.4 Å². The SMILES string of the molecule is Cc1cccc(NC(=O)Cn2nc(-c3ccc(N4CCCCC4)cc3)ccc2=O)c1C. The molecule has 6 nitrogen and oxygen atoms in total. The number of aromatic nitrogens is 2. The second-order valence-corrected chi connectivity index (χ2v) is 8.10. The van der Waals surface area contributed by atoms with Gasteiger partial charge in [-0.05, 0) is 68.5 Å². The molecule has 2 aromatic carbocycles. The summed E-state index contributed by atoms with van der Waals surface area (Å²) < 4.78 is 1.22. The van der Waals surface area contributed by atoms with E-state index in [-0.39, 0.29) is 18.0 Å². The van der Waals surface area contributed by atoms with Gasteiger partial charge in [-0.3, -0.25) is 9.59 Å². The molecule has 0 radical (unpaired) electrons. The maximum atomic E-state index is 12.5. The molecule has 1 aliphatic rings. The van der Waals surface area contributed by atoms with Gasteiger partial charge in [0.05, 0.1) is 5.69 Å². The summed E-state index contributed by atoms with van der Waals surface area (Å²) in [5.74, 6) is -0.277. The van der Waals surface area contributed by atoms with Crippen LogP contribution in [-0.2, 0) is 11.3 Å². The van der Waals surface area contributed by atoms with Crippen molar-refractivity contribution in [3.05, 3.63) is 76.1 Å². The van der Waals surface area contributed by atoms with Gasteiger partial charge < -0.3 is 10.2 Å². The standard InChI is InChI=1S/C25H28N4O2/c1-18-7-6-8-22(19(18)2)26-24(30)17-29-25(31)14-13-23(27-29)20-9-11-21(12-10-20)28-15-4-3-5-16-28/h6-14H,3-5,15-17H2,1-2H3,(H,26,30). The lowest BCUT2D eigenvalue weighted by atomic mass is 10.1. The molecule has 2 heterocycles. The second kappa shape index (κ2) is 9.16. The fraction of sp³-hybridized carbons (Fsp3) is 0.320. The van der Waals surface area contributed by atoms with Crippen LogP contribution in [0.5, 0.6) is 0 Å². The van der Waals surface area contributed by atoms with Gasteiger partial charge in [-0.15, -0.1) is 0 Å². The molecule has 0 spiro atoms. The number of carbonyl (C=O) groups excluding carboxylic acids is 1. The number of aryl methyl sites for hydroxylation is 1. The highest BCUT2D eigenvalue weighted by molar-refractivity contribution is 5.91. The predicted molar refractivity (Wildman–Crippen MR) is 125 cm³/mol. The summed E-state index contributed by atoms with van der Waals surface area (Å²) in [6, 6.07) is 17.2.